The SMILES string of the molecule is COC(=O)CN(Cc1ccc(OCCBr)cc1)C(=O)OCC(C)C. The summed E-state index contributed by atoms with van der Waals surface area (Å²) in [5.74, 6) is 0.480. The number of carbonyl (C=O) groups excluding carboxylic acids is 2. The lowest BCUT2D eigenvalue weighted by Crippen LogP contribution is -2.36. The zero-order chi connectivity index (χ0) is 17.9. The summed E-state index contributed by atoms with van der Waals surface area (Å²) in [5.41, 5.74) is 0.867. The molecule has 1 rings (SSSR count). The Morgan fingerprint density at radius 3 is 2.42 bits per heavy atom. The van der Waals surface area contributed by atoms with Crippen molar-refractivity contribution in [1.82, 2.24) is 4.90 Å². The summed E-state index contributed by atoms with van der Waals surface area (Å²) in [5, 5.41) is 0.753. The van der Waals surface area contributed by atoms with Gasteiger partial charge < -0.3 is 14.2 Å². The third-order valence-electron chi connectivity index (χ3n) is 2.99. The van der Waals surface area contributed by atoms with Crippen molar-refractivity contribution < 1.29 is 23.8 Å². The molecule has 0 radical (unpaired) electrons. The van der Waals surface area contributed by atoms with Gasteiger partial charge in [-0.1, -0.05) is 41.9 Å². The summed E-state index contributed by atoms with van der Waals surface area (Å²) < 4.78 is 15.3. The van der Waals surface area contributed by atoms with E-state index in [2.05, 4.69) is 20.7 Å². The number of alkyl halides is 1. The van der Waals surface area contributed by atoms with Gasteiger partial charge in [0.05, 0.1) is 20.3 Å². The number of esters is 1. The minimum absolute atomic E-state index is 0.157. The second-order valence-corrected chi connectivity index (χ2v) is 6.38. The quantitative estimate of drug-likeness (QED) is 0.469. The van der Waals surface area contributed by atoms with Gasteiger partial charge in [0.25, 0.3) is 0 Å². The van der Waals surface area contributed by atoms with Gasteiger partial charge in [-0.2, -0.15) is 0 Å². The first-order valence-electron chi connectivity index (χ1n) is 7.72. The van der Waals surface area contributed by atoms with Crippen LogP contribution in [0.1, 0.15) is 19.4 Å². The zero-order valence-electron chi connectivity index (χ0n) is 14.3. The molecular formula is C17H24BrNO5. The molecule has 0 aliphatic rings. The molecule has 0 fully saturated rings. The highest BCUT2D eigenvalue weighted by atomic mass is 79.9. The number of carbonyl (C=O) groups is 2. The lowest BCUT2D eigenvalue weighted by Gasteiger charge is -2.21. The molecule has 134 valence electrons. The van der Waals surface area contributed by atoms with E-state index in [-0.39, 0.29) is 19.0 Å². The fourth-order valence-corrected chi connectivity index (χ4v) is 1.96. The largest absolute Gasteiger partial charge is 0.493 e. The number of nitrogens with zero attached hydrogens (tertiary/aromatic N) is 1. The molecule has 1 amide bonds. The van der Waals surface area contributed by atoms with Crippen molar-refractivity contribution in [3.63, 3.8) is 0 Å². The molecular weight excluding hydrogens is 378 g/mol. The van der Waals surface area contributed by atoms with Crippen LogP contribution in [0, 0.1) is 5.92 Å². The number of halogens is 1. The molecule has 0 N–H and O–H groups in total. The minimum atomic E-state index is -0.534. The van der Waals surface area contributed by atoms with E-state index in [0.717, 1.165) is 16.6 Å². The van der Waals surface area contributed by atoms with E-state index >= 15 is 0 Å². The lowest BCUT2D eigenvalue weighted by molar-refractivity contribution is -0.141. The Labute approximate surface area is 151 Å². The highest BCUT2D eigenvalue weighted by molar-refractivity contribution is 9.09. The van der Waals surface area contributed by atoms with Crippen molar-refractivity contribution in [2.24, 2.45) is 5.92 Å². The predicted molar refractivity (Wildman–Crippen MR) is 94.3 cm³/mol. The average Bonchev–Trinajstić information content (AvgIpc) is 2.58. The van der Waals surface area contributed by atoms with Crippen molar-refractivity contribution in [1.29, 1.82) is 0 Å². The smallest absolute Gasteiger partial charge is 0.410 e. The molecule has 0 bridgehead atoms. The molecule has 0 unspecified atom stereocenters. The van der Waals surface area contributed by atoms with E-state index in [1.54, 1.807) is 0 Å². The molecule has 0 heterocycles. The second kappa shape index (κ2) is 10.9. The monoisotopic (exact) mass is 401 g/mol. The van der Waals surface area contributed by atoms with Crippen molar-refractivity contribution in [2.45, 2.75) is 20.4 Å². The molecule has 0 spiro atoms. The van der Waals surface area contributed by atoms with Gasteiger partial charge in [0.15, 0.2) is 0 Å². The van der Waals surface area contributed by atoms with E-state index in [0.29, 0.717) is 13.2 Å². The normalized spacial score (nSPS) is 10.4. The molecule has 0 aliphatic heterocycles. The highest BCUT2D eigenvalue weighted by Gasteiger charge is 2.19. The molecule has 24 heavy (non-hydrogen) atoms. The Kier molecular flexibility index (Phi) is 9.22. The van der Waals surface area contributed by atoms with Gasteiger partial charge in [-0.25, -0.2) is 4.79 Å². The molecule has 7 heteroatoms. The number of amides is 1. The fourth-order valence-electron chi connectivity index (χ4n) is 1.80. The number of benzene rings is 1. The third kappa shape index (κ3) is 7.68. The zero-order valence-corrected chi connectivity index (χ0v) is 15.9. The van der Waals surface area contributed by atoms with E-state index < -0.39 is 12.1 Å². The summed E-state index contributed by atoms with van der Waals surface area (Å²) in [6, 6.07) is 7.36. The van der Waals surface area contributed by atoms with E-state index in [1.165, 1.54) is 12.0 Å². The van der Waals surface area contributed by atoms with E-state index in [4.69, 9.17) is 9.47 Å². The maximum absolute atomic E-state index is 12.2. The Bertz CT molecular complexity index is 518. The van der Waals surface area contributed by atoms with Gasteiger partial charge in [0.1, 0.15) is 12.3 Å². The van der Waals surface area contributed by atoms with Crippen LogP contribution in [0.5, 0.6) is 5.75 Å². The molecule has 1 aromatic carbocycles. The summed E-state index contributed by atoms with van der Waals surface area (Å²) in [7, 11) is 1.29. The van der Waals surface area contributed by atoms with Gasteiger partial charge in [0.2, 0.25) is 0 Å². The van der Waals surface area contributed by atoms with Gasteiger partial charge in [-0.3, -0.25) is 9.69 Å². The fraction of sp³-hybridized carbons (Fsp3) is 0.529. The van der Waals surface area contributed by atoms with Crippen LogP contribution in [-0.2, 0) is 20.8 Å². The molecule has 1 aromatic rings. The maximum atomic E-state index is 12.2. The number of hydrogen-bond acceptors (Lipinski definition) is 5. The Balaban J connectivity index is 2.72. The van der Waals surface area contributed by atoms with Crippen molar-refractivity contribution in [3.8, 4) is 5.75 Å². The minimum Gasteiger partial charge on any atom is -0.493 e. The Morgan fingerprint density at radius 1 is 1.21 bits per heavy atom. The first-order chi connectivity index (χ1) is 11.5. The van der Waals surface area contributed by atoms with Crippen LogP contribution >= 0.6 is 15.9 Å². The highest BCUT2D eigenvalue weighted by Crippen LogP contribution is 2.14. The summed E-state index contributed by atoms with van der Waals surface area (Å²) in [6.07, 6.45) is -0.534. The topological polar surface area (TPSA) is 65.1 Å². The average molecular weight is 402 g/mol. The van der Waals surface area contributed by atoms with Crippen LogP contribution in [0.2, 0.25) is 0 Å². The van der Waals surface area contributed by atoms with Crippen LogP contribution in [-0.4, -0.2) is 49.2 Å². The van der Waals surface area contributed by atoms with Crippen molar-refractivity contribution >= 4 is 28.0 Å². The Hall–Kier alpha value is -1.76. The number of rotatable bonds is 9. The maximum Gasteiger partial charge on any atom is 0.410 e. The van der Waals surface area contributed by atoms with E-state index in [1.807, 2.05) is 38.1 Å². The summed E-state index contributed by atoms with van der Waals surface area (Å²) in [6.45, 7) is 4.87. The van der Waals surface area contributed by atoms with Crippen LogP contribution in [0.25, 0.3) is 0 Å². The predicted octanol–water partition coefficient (Wildman–Crippen LogP) is 3.23. The summed E-state index contributed by atoms with van der Waals surface area (Å²) in [4.78, 5) is 25.0. The van der Waals surface area contributed by atoms with E-state index in [9.17, 15) is 9.59 Å². The second-order valence-electron chi connectivity index (χ2n) is 5.58. The van der Waals surface area contributed by atoms with Crippen molar-refractivity contribution in [3.05, 3.63) is 29.8 Å². The molecule has 0 aliphatic carbocycles. The first-order valence-corrected chi connectivity index (χ1v) is 8.84. The molecule has 6 nitrogen and oxygen atoms in total. The molecule has 0 saturated carbocycles. The van der Waals surface area contributed by atoms with Gasteiger partial charge >= 0.3 is 12.1 Å². The molecule has 0 saturated heterocycles. The molecule has 0 atom stereocenters. The van der Waals surface area contributed by atoms with Gasteiger partial charge in [-0.05, 0) is 23.6 Å². The number of methoxy groups -OCH3 is 1. The van der Waals surface area contributed by atoms with Gasteiger partial charge in [-0.15, -0.1) is 0 Å². The Morgan fingerprint density at radius 2 is 1.88 bits per heavy atom. The number of ether oxygens (including phenoxy) is 3. The molecule has 0 aromatic heterocycles. The van der Waals surface area contributed by atoms with Crippen molar-refractivity contribution in [2.75, 3.05) is 32.2 Å². The van der Waals surface area contributed by atoms with Crippen LogP contribution in [0.4, 0.5) is 4.79 Å². The standard InChI is InChI=1S/C17H24BrNO5/c1-13(2)12-24-17(21)19(11-16(20)22-3)10-14-4-6-15(7-5-14)23-9-8-18/h4-7,13H,8-12H2,1-3H3. The van der Waals surface area contributed by atoms with Gasteiger partial charge in [0, 0.05) is 11.9 Å². The first kappa shape index (κ1) is 20.3. The lowest BCUT2D eigenvalue weighted by atomic mass is 10.2. The van der Waals surface area contributed by atoms with Crippen LogP contribution in [0.15, 0.2) is 24.3 Å². The third-order valence-corrected chi connectivity index (χ3v) is 3.31. The van der Waals surface area contributed by atoms with Crippen LogP contribution in [0.3, 0.4) is 0 Å². The summed E-state index contributed by atoms with van der Waals surface area (Å²) >= 11 is 3.30. The van der Waals surface area contributed by atoms with Crippen LogP contribution < -0.4 is 4.74 Å². The number of hydrogen-bond donors (Lipinski definition) is 0.